The van der Waals surface area contributed by atoms with Crippen LogP contribution in [0.1, 0.15) is 19.3 Å². The van der Waals surface area contributed by atoms with Gasteiger partial charge >= 0.3 is 0 Å². The van der Waals surface area contributed by atoms with E-state index in [0.29, 0.717) is 58.9 Å². The van der Waals surface area contributed by atoms with Gasteiger partial charge in [-0.05, 0) is 0 Å². The quantitative estimate of drug-likeness (QED) is 0.142. The molecule has 0 bridgehead atoms. The van der Waals surface area contributed by atoms with Gasteiger partial charge in [0.25, 0.3) is 0 Å². The molecule has 0 unspecified atom stereocenters. The maximum Gasteiger partial charge on any atom is 0.226 e. The van der Waals surface area contributed by atoms with Crippen molar-refractivity contribution in [3.63, 3.8) is 0 Å². The highest BCUT2D eigenvalue weighted by atomic mass is 16.2. The molecule has 1 aliphatic heterocycles. The van der Waals surface area contributed by atoms with E-state index in [0.717, 1.165) is 0 Å². The Balaban J connectivity index is 2.66. The average Bonchev–Trinajstić information content (AvgIpc) is 2.76. The van der Waals surface area contributed by atoms with E-state index in [9.17, 15) is 14.4 Å². The van der Waals surface area contributed by atoms with Gasteiger partial charge in [-0.2, -0.15) is 0 Å². The summed E-state index contributed by atoms with van der Waals surface area (Å²) in [6.45, 7) is 5.44. The highest BCUT2D eigenvalue weighted by Crippen LogP contribution is 2.12. The molecule has 30 heavy (non-hydrogen) atoms. The second-order valence-electron chi connectivity index (χ2n) is 7.09. The highest BCUT2D eigenvalue weighted by molar-refractivity contribution is 5.82. The van der Waals surface area contributed by atoms with Crippen LogP contribution in [0.25, 0.3) is 0 Å². The van der Waals surface area contributed by atoms with Gasteiger partial charge in [-0.1, -0.05) is 0 Å². The second-order valence-corrected chi connectivity index (χ2v) is 7.09. The number of carbonyl (C=O) groups excluding carboxylic acids is 3. The molecule has 12 nitrogen and oxygen atoms in total. The maximum absolute atomic E-state index is 12.6. The number of hydrogen-bond acceptors (Lipinski definition) is 9. The van der Waals surface area contributed by atoms with Gasteiger partial charge in [-0.3, -0.25) is 14.4 Å². The van der Waals surface area contributed by atoms with Gasteiger partial charge in [0.2, 0.25) is 17.7 Å². The summed E-state index contributed by atoms with van der Waals surface area (Å²) in [6, 6.07) is 0. The summed E-state index contributed by atoms with van der Waals surface area (Å²) in [5, 5.41) is 9.25. The number of amides is 3. The van der Waals surface area contributed by atoms with E-state index in [1.165, 1.54) is 0 Å². The highest BCUT2D eigenvalue weighted by Gasteiger charge is 2.31. The van der Waals surface area contributed by atoms with Gasteiger partial charge in [-0.15, -0.1) is 0 Å². The lowest BCUT2D eigenvalue weighted by Crippen LogP contribution is -2.60. The number of carbonyl (C=O) groups is 3. The van der Waals surface area contributed by atoms with Gasteiger partial charge in [0.05, 0.1) is 20.0 Å². The van der Waals surface area contributed by atoms with Crippen molar-refractivity contribution in [1.29, 1.82) is 0 Å². The van der Waals surface area contributed by atoms with Crippen LogP contribution >= 0.6 is 0 Å². The summed E-state index contributed by atoms with van der Waals surface area (Å²) in [5.41, 5.74) is 16.3. The van der Waals surface area contributed by atoms with Crippen molar-refractivity contribution in [2.24, 2.45) is 17.2 Å². The fourth-order valence-corrected chi connectivity index (χ4v) is 2.97. The van der Waals surface area contributed by atoms with Crippen molar-refractivity contribution in [1.82, 2.24) is 30.7 Å². The van der Waals surface area contributed by atoms with E-state index < -0.39 is 0 Å². The SMILES string of the molecule is NCCNCCC(=O)N1CN(C(=O)CCNCCN)CN(C(=O)CCNCCN)C1. The Bertz CT molecular complexity index is 444. The van der Waals surface area contributed by atoms with Gasteiger partial charge in [0, 0.05) is 78.2 Å². The molecule has 9 N–H and O–H groups in total. The zero-order chi connectivity index (χ0) is 22.2. The molecular weight excluding hydrogens is 390 g/mol. The summed E-state index contributed by atoms with van der Waals surface area (Å²) >= 11 is 0. The van der Waals surface area contributed by atoms with Gasteiger partial charge in [0.15, 0.2) is 0 Å². The third-order valence-electron chi connectivity index (χ3n) is 4.59. The molecule has 3 amide bonds. The fourth-order valence-electron chi connectivity index (χ4n) is 2.97. The van der Waals surface area contributed by atoms with Gasteiger partial charge in [0.1, 0.15) is 0 Å². The lowest BCUT2D eigenvalue weighted by atomic mass is 10.3. The summed E-state index contributed by atoms with van der Waals surface area (Å²) in [4.78, 5) is 42.5. The normalized spacial score (nSPS) is 14.3. The lowest BCUT2D eigenvalue weighted by Gasteiger charge is -2.42. The van der Waals surface area contributed by atoms with Crippen LogP contribution in [0.2, 0.25) is 0 Å². The summed E-state index contributed by atoms with van der Waals surface area (Å²) < 4.78 is 0. The van der Waals surface area contributed by atoms with Crippen molar-refractivity contribution >= 4 is 17.7 Å². The number of rotatable bonds is 15. The number of nitrogens with zero attached hydrogens (tertiary/aromatic N) is 3. The molecule has 1 rings (SSSR count). The second kappa shape index (κ2) is 15.9. The molecule has 0 aromatic carbocycles. The summed E-state index contributed by atoms with van der Waals surface area (Å²) in [6.07, 6.45) is 0.834. The molecule has 0 atom stereocenters. The molecule has 0 aromatic rings. The molecule has 0 saturated carbocycles. The molecule has 0 aliphatic carbocycles. The molecule has 0 radical (unpaired) electrons. The first-order chi connectivity index (χ1) is 14.5. The Hall–Kier alpha value is -1.83. The molecule has 1 aliphatic rings. The lowest BCUT2D eigenvalue weighted by molar-refractivity contribution is -0.158. The first kappa shape index (κ1) is 26.2. The van der Waals surface area contributed by atoms with Crippen LogP contribution in [0, 0.1) is 0 Å². The maximum atomic E-state index is 12.6. The van der Waals surface area contributed by atoms with Crippen LogP contribution in [0.15, 0.2) is 0 Å². The Morgan fingerprint density at radius 2 is 0.800 bits per heavy atom. The Labute approximate surface area is 178 Å². The van der Waals surface area contributed by atoms with E-state index in [1.807, 2.05) is 0 Å². The van der Waals surface area contributed by atoms with Crippen molar-refractivity contribution in [2.75, 3.05) is 78.9 Å². The van der Waals surface area contributed by atoms with E-state index in [4.69, 9.17) is 17.2 Å². The Kier molecular flexibility index (Phi) is 13.9. The average molecular weight is 430 g/mol. The van der Waals surface area contributed by atoms with Crippen molar-refractivity contribution in [2.45, 2.75) is 19.3 Å². The predicted molar refractivity (Wildman–Crippen MR) is 115 cm³/mol. The predicted octanol–water partition coefficient (Wildman–Crippen LogP) is -3.83. The fraction of sp³-hybridized carbons (Fsp3) is 0.833. The molecule has 1 saturated heterocycles. The zero-order valence-electron chi connectivity index (χ0n) is 17.9. The molecule has 0 aromatic heterocycles. The molecule has 1 fully saturated rings. The van der Waals surface area contributed by atoms with Crippen molar-refractivity contribution in [3.8, 4) is 0 Å². The summed E-state index contributed by atoms with van der Waals surface area (Å²) in [7, 11) is 0. The molecule has 0 spiro atoms. The van der Waals surface area contributed by atoms with E-state index in [2.05, 4.69) is 16.0 Å². The standard InChI is InChI=1S/C18H39N9O3/c19-4-10-22-7-1-16(28)25-13-26(17(29)2-8-23-11-5-20)15-27(14-25)18(30)3-9-24-12-6-21/h22-24H,1-15,19-21H2. The zero-order valence-corrected chi connectivity index (χ0v) is 17.9. The smallest absolute Gasteiger partial charge is 0.226 e. The molecule has 12 heteroatoms. The van der Waals surface area contributed by atoms with Crippen LogP contribution in [-0.4, -0.2) is 111 Å². The number of hydrogen-bond donors (Lipinski definition) is 6. The minimum absolute atomic E-state index is 0.114. The van der Waals surface area contributed by atoms with Crippen LogP contribution in [-0.2, 0) is 14.4 Å². The van der Waals surface area contributed by atoms with E-state index in [1.54, 1.807) is 14.7 Å². The van der Waals surface area contributed by atoms with Crippen LogP contribution < -0.4 is 33.2 Å². The Morgan fingerprint density at radius 1 is 0.533 bits per heavy atom. The van der Waals surface area contributed by atoms with Crippen LogP contribution in [0.5, 0.6) is 0 Å². The van der Waals surface area contributed by atoms with Gasteiger partial charge < -0.3 is 47.9 Å². The topological polar surface area (TPSA) is 175 Å². The first-order valence-corrected chi connectivity index (χ1v) is 10.6. The third-order valence-corrected chi connectivity index (χ3v) is 4.59. The largest absolute Gasteiger partial charge is 0.329 e. The minimum Gasteiger partial charge on any atom is -0.329 e. The monoisotopic (exact) mass is 429 g/mol. The van der Waals surface area contributed by atoms with Crippen LogP contribution in [0.4, 0.5) is 0 Å². The molecular formula is C18H39N9O3. The summed E-state index contributed by atoms with van der Waals surface area (Å²) in [5.74, 6) is -0.341. The van der Waals surface area contributed by atoms with Crippen molar-refractivity contribution < 1.29 is 14.4 Å². The third kappa shape index (κ3) is 10.3. The van der Waals surface area contributed by atoms with E-state index >= 15 is 0 Å². The van der Waals surface area contributed by atoms with Crippen LogP contribution in [0.3, 0.4) is 0 Å². The molecule has 174 valence electrons. The van der Waals surface area contributed by atoms with Crippen molar-refractivity contribution in [3.05, 3.63) is 0 Å². The number of nitrogens with two attached hydrogens (primary N) is 3. The van der Waals surface area contributed by atoms with E-state index in [-0.39, 0.29) is 57.0 Å². The minimum atomic E-state index is -0.114. The Morgan fingerprint density at radius 3 is 1.03 bits per heavy atom. The number of nitrogens with one attached hydrogen (secondary N) is 3. The molecule has 1 heterocycles. The first-order valence-electron chi connectivity index (χ1n) is 10.6. The van der Waals surface area contributed by atoms with Gasteiger partial charge in [-0.25, -0.2) is 0 Å².